The van der Waals surface area contributed by atoms with Crippen LogP contribution in [-0.2, 0) is 13.5 Å². The Hall–Kier alpha value is -1.48. The Morgan fingerprint density at radius 2 is 2.04 bits per heavy atom. The Balaban J connectivity index is 0.00000312. The second-order valence-corrected chi connectivity index (χ2v) is 5.97. The van der Waals surface area contributed by atoms with Gasteiger partial charge in [-0.15, -0.1) is 24.0 Å². The van der Waals surface area contributed by atoms with Crippen molar-refractivity contribution < 1.29 is 4.74 Å². The number of hydrogen-bond acceptors (Lipinski definition) is 3. The Bertz CT molecular complexity index is 659. The number of rotatable bonds is 7. The summed E-state index contributed by atoms with van der Waals surface area (Å²) in [5.41, 5.74) is 1.19. The molecule has 1 heterocycles. The van der Waals surface area contributed by atoms with E-state index in [-0.39, 0.29) is 30.1 Å². The fraction of sp³-hybridized carbons (Fsp3) is 0.412. The highest BCUT2D eigenvalue weighted by Gasteiger charge is 2.06. The Labute approximate surface area is 171 Å². The molecule has 0 saturated heterocycles. The van der Waals surface area contributed by atoms with Crippen molar-refractivity contribution in [2.75, 3.05) is 20.1 Å². The predicted molar refractivity (Wildman–Crippen MR) is 113 cm³/mol. The molecule has 1 aromatic carbocycles. The topological polar surface area (TPSA) is 63.5 Å². The SMILES string of the molecule is CN=C(NCCc1cnn(C)c1)NCC(C)Oc1ccc(Cl)cc1.I. The molecule has 1 atom stereocenters. The summed E-state index contributed by atoms with van der Waals surface area (Å²) in [6.07, 6.45) is 4.79. The van der Waals surface area contributed by atoms with E-state index in [2.05, 4.69) is 20.7 Å². The monoisotopic (exact) mass is 477 g/mol. The normalized spacial score (nSPS) is 12.2. The summed E-state index contributed by atoms with van der Waals surface area (Å²) in [6, 6.07) is 7.35. The molecule has 25 heavy (non-hydrogen) atoms. The second kappa shape index (κ2) is 11.2. The minimum Gasteiger partial charge on any atom is -0.489 e. The molecule has 2 rings (SSSR count). The quantitative estimate of drug-likeness (QED) is 0.366. The van der Waals surface area contributed by atoms with Crippen molar-refractivity contribution in [2.45, 2.75) is 19.4 Å². The number of hydrogen-bond donors (Lipinski definition) is 2. The zero-order valence-corrected chi connectivity index (χ0v) is 17.8. The van der Waals surface area contributed by atoms with Crippen molar-refractivity contribution in [1.29, 1.82) is 0 Å². The fourth-order valence-electron chi connectivity index (χ4n) is 2.17. The molecule has 2 aromatic rings. The molecule has 6 nitrogen and oxygen atoms in total. The van der Waals surface area contributed by atoms with E-state index in [1.807, 2.05) is 50.6 Å². The van der Waals surface area contributed by atoms with Crippen LogP contribution in [0.25, 0.3) is 0 Å². The molecule has 1 aromatic heterocycles. The third kappa shape index (κ3) is 7.96. The molecule has 0 bridgehead atoms. The van der Waals surface area contributed by atoms with Gasteiger partial charge in [0.25, 0.3) is 0 Å². The number of guanidine groups is 1. The summed E-state index contributed by atoms with van der Waals surface area (Å²) in [5, 5.41) is 11.4. The van der Waals surface area contributed by atoms with Crippen molar-refractivity contribution in [2.24, 2.45) is 12.0 Å². The van der Waals surface area contributed by atoms with Gasteiger partial charge in [-0.25, -0.2) is 0 Å². The molecule has 0 radical (unpaired) electrons. The average molecular weight is 478 g/mol. The minimum atomic E-state index is 0. The second-order valence-electron chi connectivity index (χ2n) is 5.53. The highest BCUT2D eigenvalue weighted by Crippen LogP contribution is 2.16. The van der Waals surface area contributed by atoms with Gasteiger partial charge in [0.05, 0.1) is 12.7 Å². The summed E-state index contributed by atoms with van der Waals surface area (Å²) in [6.45, 7) is 3.44. The van der Waals surface area contributed by atoms with E-state index in [0.717, 1.165) is 24.7 Å². The molecule has 0 saturated carbocycles. The van der Waals surface area contributed by atoms with Gasteiger partial charge in [0.1, 0.15) is 11.9 Å². The predicted octanol–water partition coefficient (Wildman–Crippen LogP) is 2.87. The summed E-state index contributed by atoms with van der Waals surface area (Å²) >= 11 is 5.87. The molecule has 0 amide bonds. The molecule has 0 aliphatic rings. The molecule has 8 heteroatoms. The Kier molecular flexibility index (Phi) is 9.66. The van der Waals surface area contributed by atoms with Gasteiger partial charge in [-0.3, -0.25) is 9.67 Å². The van der Waals surface area contributed by atoms with Crippen LogP contribution in [0.5, 0.6) is 5.75 Å². The zero-order valence-electron chi connectivity index (χ0n) is 14.7. The fourth-order valence-corrected chi connectivity index (χ4v) is 2.30. The van der Waals surface area contributed by atoms with Crippen molar-refractivity contribution >= 4 is 41.5 Å². The van der Waals surface area contributed by atoms with Crippen LogP contribution in [-0.4, -0.2) is 42.0 Å². The molecular weight excluding hydrogens is 453 g/mol. The molecule has 0 spiro atoms. The van der Waals surface area contributed by atoms with E-state index in [1.54, 1.807) is 11.7 Å². The maximum absolute atomic E-state index is 5.87. The molecule has 0 aliphatic carbocycles. The molecule has 1 unspecified atom stereocenters. The number of nitrogens with one attached hydrogen (secondary N) is 2. The summed E-state index contributed by atoms with van der Waals surface area (Å²) in [4.78, 5) is 4.22. The van der Waals surface area contributed by atoms with Crippen LogP contribution in [0.1, 0.15) is 12.5 Å². The summed E-state index contributed by atoms with van der Waals surface area (Å²) in [7, 11) is 3.67. The lowest BCUT2D eigenvalue weighted by molar-refractivity contribution is 0.224. The van der Waals surface area contributed by atoms with Crippen LogP contribution in [0.2, 0.25) is 5.02 Å². The Morgan fingerprint density at radius 1 is 1.32 bits per heavy atom. The lowest BCUT2D eigenvalue weighted by atomic mass is 10.2. The van der Waals surface area contributed by atoms with Crippen molar-refractivity contribution in [1.82, 2.24) is 20.4 Å². The largest absolute Gasteiger partial charge is 0.489 e. The first-order valence-corrected chi connectivity index (χ1v) is 8.29. The number of benzene rings is 1. The van der Waals surface area contributed by atoms with Gasteiger partial charge in [-0.05, 0) is 43.2 Å². The molecule has 138 valence electrons. The minimum absolute atomic E-state index is 0. The average Bonchev–Trinajstić information content (AvgIpc) is 2.98. The lowest BCUT2D eigenvalue weighted by Gasteiger charge is -2.17. The Morgan fingerprint density at radius 3 is 2.64 bits per heavy atom. The van der Waals surface area contributed by atoms with Crippen molar-refractivity contribution in [3.63, 3.8) is 0 Å². The lowest BCUT2D eigenvalue weighted by Crippen LogP contribution is -2.42. The summed E-state index contributed by atoms with van der Waals surface area (Å²) in [5.74, 6) is 1.55. The van der Waals surface area contributed by atoms with Gasteiger partial charge < -0.3 is 15.4 Å². The van der Waals surface area contributed by atoms with Crippen LogP contribution < -0.4 is 15.4 Å². The number of aliphatic imine (C=N–C) groups is 1. The van der Waals surface area contributed by atoms with Crippen LogP contribution in [0, 0.1) is 0 Å². The van der Waals surface area contributed by atoms with Crippen LogP contribution >= 0.6 is 35.6 Å². The number of aromatic nitrogens is 2. The van der Waals surface area contributed by atoms with Crippen LogP contribution in [0.4, 0.5) is 0 Å². The van der Waals surface area contributed by atoms with Gasteiger partial charge in [0.15, 0.2) is 5.96 Å². The first-order chi connectivity index (χ1) is 11.6. The first kappa shape index (κ1) is 21.6. The highest BCUT2D eigenvalue weighted by molar-refractivity contribution is 14.0. The van der Waals surface area contributed by atoms with Gasteiger partial charge in [-0.2, -0.15) is 5.10 Å². The van der Waals surface area contributed by atoms with Crippen LogP contribution in [0.15, 0.2) is 41.7 Å². The van der Waals surface area contributed by atoms with E-state index in [4.69, 9.17) is 16.3 Å². The van der Waals surface area contributed by atoms with Gasteiger partial charge in [-0.1, -0.05) is 11.6 Å². The maximum Gasteiger partial charge on any atom is 0.191 e. The molecule has 2 N–H and O–H groups in total. The number of halogens is 2. The van der Waals surface area contributed by atoms with E-state index >= 15 is 0 Å². The van der Waals surface area contributed by atoms with E-state index in [1.165, 1.54) is 5.56 Å². The van der Waals surface area contributed by atoms with E-state index in [0.29, 0.717) is 11.6 Å². The molecular formula is C17H25ClIN5O. The van der Waals surface area contributed by atoms with Crippen molar-refractivity contribution in [3.8, 4) is 5.75 Å². The molecule has 0 aliphatic heterocycles. The standard InChI is InChI=1S/C17H24ClN5O.HI/c1-13(24-16-6-4-15(18)5-7-16)10-21-17(19-2)20-9-8-14-11-22-23(3)12-14;/h4-7,11-13H,8-10H2,1-3H3,(H2,19,20,21);1H. The molecule has 0 fully saturated rings. The third-order valence-corrected chi connectivity index (χ3v) is 3.65. The smallest absolute Gasteiger partial charge is 0.191 e. The van der Waals surface area contributed by atoms with E-state index < -0.39 is 0 Å². The van der Waals surface area contributed by atoms with Gasteiger partial charge >= 0.3 is 0 Å². The van der Waals surface area contributed by atoms with Crippen molar-refractivity contribution in [3.05, 3.63) is 47.2 Å². The first-order valence-electron chi connectivity index (χ1n) is 7.91. The number of nitrogens with zero attached hydrogens (tertiary/aromatic N) is 3. The zero-order chi connectivity index (χ0) is 17.4. The number of ether oxygens (including phenoxy) is 1. The highest BCUT2D eigenvalue weighted by atomic mass is 127. The maximum atomic E-state index is 5.87. The van der Waals surface area contributed by atoms with Gasteiger partial charge in [0.2, 0.25) is 0 Å². The number of aryl methyl sites for hydroxylation is 1. The third-order valence-electron chi connectivity index (χ3n) is 3.40. The van der Waals surface area contributed by atoms with E-state index in [9.17, 15) is 0 Å². The summed E-state index contributed by atoms with van der Waals surface area (Å²) < 4.78 is 7.63. The van der Waals surface area contributed by atoms with Crippen LogP contribution in [0.3, 0.4) is 0 Å². The van der Waals surface area contributed by atoms with Gasteiger partial charge in [0, 0.05) is 31.9 Å².